The number of pyridine rings is 1. The number of ether oxygens (including phenoxy) is 2. The molecule has 0 radical (unpaired) electrons. The smallest absolute Gasteiger partial charge is 0.182 e. The van der Waals surface area contributed by atoms with Crippen LogP contribution in [0.2, 0.25) is 0 Å². The fraction of sp³-hybridized carbons (Fsp3) is 0.294. The highest BCUT2D eigenvalue weighted by molar-refractivity contribution is 6.02. The van der Waals surface area contributed by atoms with Gasteiger partial charge in [0.25, 0.3) is 0 Å². The van der Waals surface area contributed by atoms with Crippen LogP contribution < -0.4 is 9.47 Å². The van der Waals surface area contributed by atoms with Crippen LogP contribution >= 0.6 is 0 Å². The molecule has 0 saturated carbocycles. The number of aromatic nitrogens is 1. The number of benzene rings is 1. The van der Waals surface area contributed by atoms with Crippen LogP contribution in [0.1, 0.15) is 21.6 Å². The number of nitrogens with zero attached hydrogens (tertiary/aromatic N) is 1. The second-order valence-electron chi connectivity index (χ2n) is 5.12. The summed E-state index contributed by atoms with van der Waals surface area (Å²) in [4.78, 5) is 16.8. The Kier molecular flexibility index (Phi) is 3.60. The predicted octanol–water partition coefficient (Wildman–Crippen LogP) is 2.70. The molecule has 0 fully saturated rings. The summed E-state index contributed by atoms with van der Waals surface area (Å²) in [6, 6.07) is 9.55. The molecule has 1 unspecified atom stereocenters. The lowest BCUT2D eigenvalue weighted by Gasteiger charge is -2.13. The molecule has 0 N–H and O–H groups in total. The van der Waals surface area contributed by atoms with E-state index in [-0.39, 0.29) is 11.7 Å². The van der Waals surface area contributed by atoms with Gasteiger partial charge in [-0.15, -0.1) is 0 Å². The normalized spacial score (nSPS) is 16.7. The molecule has 0 aliphatic heterocycles. The van der Waals surface area contributed by atoms with Gasteiger partial charge in [-0.2, -0.15) is 0 Å². The van der Waals surface area contributed by atoms with Crippen LogP contribution in [0.15, 0.2) is 36.5 Å². The summed E-state index contributed by atoms with van der Waals surface area (Å²) in [6.45, 7) is 0. The molecule has 1 aliphatic carbocycles. The molecule has 1 aromatic heterocycles. The van der Waals surface area contributed by atoms with Gasteiger partial charge in [-0.05, 0) is 12.0 Å². The lowest BCUT2D eigenvalue weighted by Crippen LogP contribution is -2.14. The molecule has 1 atom stereocenters. The maximum atomic E-state index is 12.5. The Morgan fingerprint density at radius 3 is 2.71 bits per heavy atom. The topological polar surface area (TPSA) is 48.4 Å². The quantitative estimate of drug-likeness (QED) is 0.865. The average Bonchev–Trinajstić information content (AvgIpc) is 2.83. The van der Waals surface area contributed by atoms with Crippen molar-refractivity contribution in [3.05, 3.63) is 53.3 Å². The molecule has 108 valence electrons. The summed E-state index contributed by atoms with van der Waals surface area (Å²) in [5.74, 6) is 1.38. The van der Waals surface area contributed by atoms with E-state index in [9.17, 15) is 4.79 Å². The summed E-state index contributed by atoms with van der Waals surface area (Å²) in [7, 11) is 3.19. The Morgan fingerprint density at radius 2 is 2.00 bits per heavy atom. The number of ketones is 1. The zero-order valence-electron chi connectivity index (χ0n) is 12.1. The van der Waals surface area contributed by atoms with Crippen LogP contribution in [0.3, 0.4) is 0 Å². The van der Waals surface area contributed by atoms with E-state index in [1.54, 1.807) is 26.5 Å². The third-order valence-electron chi connectivity index (χ3n) is 3.93. The van der Waals surface area contributed by atoms with Gasteiger partial charge in [0.2, 0.25) is 0 Å². The molecular formula is C17H17NO3. The predicted molar refractivity (Wildman–Crippen MR) is 79.0 cm³/mol. The molecule has 3 rings (SSSR count). The minimum atomic E-state index is -0.0732. The van der Waals surface area contributed by atoms with Gasteiger partial charge in [0.1, 0.15) is 0 Å². The Hall–Kier alpha value is -2.36. The summed E-state index contributed by atoms with van der Waals surface area (Å²) < 4.78 is 10.7. The standard InChI is InChI=1S/C17H17NO3/c1-20-15-7-8-18-14(17(15)21-2)10-12-9-11-5-3-4-6-13(11)16(12)19/h3-8,12H,9-10H2,1-2H3. The first-order valence-corrected chi connectivity index (χ1v) is 6.92. The number of hydrogen-bond acceptors (Lipinski definition) is 4. The Morgan fingerprint density at radius 1 is 1.19 bits per heavy atom. The summed E-state index contributed by atoms with van der Waals surface area (Å²) in [6.07, 6.45) is 3.01. The van der Waals surface area contributed by atoms with E-state index in [2.05, 4.69) is 4.98 Å². The van der Waals surface area contributed by atoms with Crippen molar-refractivity contribution >= 4 is 5.78 Å². The highest BCUT2D eigenvalue weighted by Gasteiger charge is 2.31. The summed E-state index contributed by atoms with van der Waals surface area (Å²) in [5.41, 5.74) is 2.72. The summed E-state index contributed by atoms with van der Waals surface area (Å²) in [5, 5.41) is 0. The lowest BCUT2D eigenvalue weighted by atomic mass is 9.98. The SMILES string of the molecule is COc1ccnc(CC2Cc3ccccc3C2=O)c1OC. The first kappa shape index (κ1) is 13.6. The van der Waals surface area contributed by atoms with E-state index in [0.717, 1.165) is 23.2 Å². The number of carbonyl (C=O) groups is 1. The molecular weight excluding hydrogens is 266 g/mol. The van der Waals surface area contributed by atoms with Crippen LogP contribution in [0.25, 0.3) is 0 Å². The molecule has 1 aliphatic rings. The molecule has 1 heterocycles. The molecule has 2 aromatic rings. The molecule has 1 aromatic carbocycles. The fourth-order valence-electron chi connectivity index (χ4n) is 2.91. The van der Waals surface area contributed by atoms with Gasteiger partial charge in [-0.1, -0.05) is 24.3 Å². The second-order valence-corrected chi connectivity index (χ2v) is 5.12. The molecule has 0 amide bonds. The van der Waals surface area contributed by atoms with Crippen LogP contribution in [-0.4, -0.2) is 25.0 Å². The minimum Gasteiger partial charge on any atom is -0.493 e. The van der Waals surface area contributed by atoms with Gasteiger partial charge in [-0.25, -0.2) is 0 Å². The van der Waals surface area contributed by atoms with Gasteiger partial charge >= 0.3 is 0 Å². The van der Waals surface area contributed by atoms with E-state index in [0.29, 0.717) is 17.9 Å². The number of hydrogen-bond donors (Lipinski definition) is 0. The van der Waals surface area contributed by atoms with E-state index in [1.807, 2.05) is 24.3 Å². The van der Waals surface area contributed by atoms with Crippen molar-refractivity contribution in [2.45, 2.75) is 12.8 Å². The second kappa shape index (κ2) is 5.56. The molecule has 4 nitrogen and oxygen atoms in total. The third-order valence-corrected chi connectivity index (χ3v) is 3.93. The van der Waals surface area contributed by atoms with Crippen LogP contribution in [0.5, 0.6) is 11.5 Å². The number of rotatable bonds is 4. The zero-order chi connectivity index (χ0) is 14.8. The maximum absolute atomic E-state index is 12.5. The lowest BCUT2D eigenvalue weighted by molar-refractivity contribution is 0.0935. The maximum Gasteiger partial charge on any atom is 0.182 e. The van der Waals surface area contributed by atoms with E-state index < -0.39 is 0 Å². The van der Waals surface area contributed by atoms with Crippen molar-refractivity contribution in [1.82, 2.24) is 4.98 Å². The van der Waals surface area contributed by atoms with Crippen LogP contribution in [0.4, 0.5) is 0 Å². The van der Waals surface area contributed by atoms with Crippen molar-refractivity contribution in [3.8, 4) is 11.5 Å². The molecule has 4 heteroatoms. The molecule has 21 heavy (non-hydrogen) atoms. The van der Waals surface area contributed by atoms with Crippen molar-refractivity contribution in [1.29, 1.82) is 0 Å². The van der Waals surface area contributed by atoms with Crippen molar-refractivity contribution in [3.63, 3.8) is 0 Å². The van der Waals surface area contributed by atoms with Crippen LogP contribution in [0, 0.1) is 5.92 Å². The number of carbonyl (C=O) groups excluding carboxylic acids is 1. The Balaban J connectivity index is 1.88. The number of Topliss-reactive ketones (excluding diaryl/α,β-unsaturated/α-hetero) is 1. The first-order valence-electron chi connectivity index (χ1n) is 6.92. The Bertz CT molecular complexity index is 681. The van der Waals surface area contributed by atoms with Gasteiger partial charge in [0, 0.05) is 30.2 Å². The molecule has 0 bridgehead atoms. The Labute approximate surface area is 123 Å². The van der Waals surface area contributed by atoms with Gasteiger partial charge in [-0.3, -0.25) is 9.78 Å². The van der Waals surface area contributed by atoms with Crippen LogP contribution in [-0.2, 0) is 12.8 Å². The van der Waals surface area contributed by atoms with Gasteiger partial charge < -0.3 is 9.47 Å². The van der Waals surface area contributed by atoms with Crippen molar-refractivity contribution < 1.29 is 14.3 Å². The van der Waals surface area contributed by atoms with Gasteiger partial charge in [0.05, 0.1) is 19.9 Å². The first-order chi connectivity index (χ1) is 10.2. The minimum absolute atomic E-state index is 0.0732. The van der Waals surface area contributed by atoms with Gasteiger partial charge in [0.15, 0.2) is 17.3 Å². The number of fused-ring (bicyclic) bond motifs is 1. The van der Waals surface area contributed by atoms with E-state index in [4.69, 9.17) is 9.47 Å². The van der Waals surface area contributed by atoms with Crippen molar-refractivity contribution in [2.75, 3.05) is 14.2 Å². The van der Waals surface area contributed by atoms with E-state index >= 15 is 0 Å². The summed E-state index contributed by atoms with van der Waals surface area (Å²) >= 11 is 0. The highest BCUT2D eigenvalue weighted by atomic mass is 16.5. The average molecular weight is 283 g/mol. The number of methoxy groups -OCH3 is 2. The fourth-order valence-corrected chi connectivity index (χ4v) is 2.91. The third kappa shape index (κ3) is 2.37. The highest BCUT2D eigenvalue weighted by Crippen LogP contribution is 2.34. The zero-order valence-corrected chi connectivity index (χ0v) is 12.1. The molecule has 0 saturated heterocycles. The van der Waals surface area contributed by atoms with Crippen molar-refractivity contribution in [2.24, 2.45) is 5.92 Å². The molecule has 0 spiro atoms. The largest absolute Gasteiger partial charge is 0.493 e. The monoisotopic (exact) mass is 283 g/mol. The van der Waals surface area contributed by atoms with E-state index in [1.165, 1.54) is 0 Å².